The van der Waals surface area contributed by atoms with Crippen LogP contribution in [0.1, 0.15) is 11.6 Å². The van der Waals surface area contributed by atoms with Crippen molar-refractivity contribution in [3.8, 4) is 0 Å². The van der Waals surface area contributed by atoms with Crippen LogP contribution in [0.3, 0.4) is 0 Å². The number of halogens is 1. The molecule has 0 saturated carbocycles. The maximum Gasteiger partial charge on any atom is 0.244 e. The van der Waals surface area contributed by atoms with Gasteiger partial charge in [-0.05, 0) is 19.7 Å². The first-order valence-corrected chi connectivity index (χ1v) is 6.41. The van der Waals surface area contributed by atoms with Gasteiger partial charge in [0.05, 0.1) is 0 Å². The Kier molecular flexibility index (Phi) is 6.28. The van der Waals surface area contributed by atoms with Gasteiger partial charge in [0.1, 0.15) is 6.04 Å². The lowest BCUT2D eigenvalue weighted by Crippen LogP contribution is -2.49. The molecule has 1 aromatic rings. The molecule has 0 radical (unpaired) electrons. The van der Waals surface area contributed by atoms with Crippen LogP contribution in [0.5, 0.6) is 0 Å². The first-order chi connectivity index (χ1) is 8.70. The maximum atomic E-state index is 12.6. The number of likely N-dealkylation sites (N-methyl/N-ethyl adjacent to an activating group) is 1. The van der Waals surface area contributed by atoms with Gasteiger partial charge in [0, 0.05) is 26.2 Å². The normalized spacial score (nSPS) is 16.9. The van der Waals surface area contributed by atoms with Crippen LogP contribution in [0.4, 0.5) is 0 Å². The zero-order valence-corrected chi connectivity index (χ0v) is 12.3. The van der Waals surface area contributed by atoms with Crippen LogP contribution in [-0.2, 0) is 4.79 Å². The Labute approximate surface area is 121 Å². The van der Waals surface area contributed by atoms with Crippen LogP contribution in [0.25, 0.3) is 0 Å². The molecule has 1 atom stereocenters. The molecule has 1 amide bonds. The molecule has 0 aliphatic carbocycles. The molecule has 1 aliphatic heterocycles. The number of nitrogens with one attached hydrogen (secondary N) is 1. The minimum absolute atomic E-state index is 0. The third-order valence-electron chi connectivity index (χ3n) is 3.29. The number of rotatable bonds is 3. The van der Waals surface area contributed by atoms with Crippen molar-refractivity contribution in [2.24, 2.45) is 0 Å². The highest BCUT2D eigenvalue weighted by Crippen LogP contribution is 2.20. The highest BCUT2D eigenvalue weighted by molar-refractivity contribution is 5.85. The number of carbonyl (C=O) groups is 1. The van der Waals surface area contributed by atoms with E-state index in [0.717, 1.165) is 31.7 Å². The lowest BCUT2D eigenvalue weighted by Gasteiger charge is -2.33. The van der Waals surface area contributed by atoms with Crippen molar-refractivity contribution in [1.29, 1.82) is 0 Å². The lowest BCUT2D eigenvalue weighted by atomic mass is 10.0. The van der Waals surface area contributed by atoms with Gasteiger partial charge in [0.15, 0.2) is 0 Å². The van der Waals surface area contributed by atoms with Gasteiger partial charge in [-0.3, -0.25) is 9.69 Å². The summed E-state index contributed by atoms with van der Waals surface area (Å²) in [6.45, 7) is 3.38. The molecule has 4 nitrogen and oxygen atoms in total. The summed E-state index contributed by atoms with van der Waals surface area (Å²) in [5.41, 5.74) is 1.06. The Hall–Kier alpha value is -1.10. The molecule has 106 valence electrons. The number of amides is 1. The van der Waals surface area contributed by atoms with E-state index in [0.29, 0.717) is 0 Å². The Bertz CT molecular complexity index is 391. The number of carbonyl (C=O) groups excluding carboxylic acids is 1. The van der Waals surface area contributed by atoms with Crippen LogP contribution < -0.4 is 5.32 Å². The van der Waals surface area contributed by atoms with Gasteiger partial charge in [0.2, 0.25) is 5.91 Å². The van der Waals surface area contributed by atoms with Gasteiger partial charge in [-0.2, -0.15) is 0 Å². The SMILES string of the molecule is CN(C)C(C(=O)N1CCNCC1)c1ccccc1.Cl. The first-order valence-electron chi connectivity index (χ1n) is 6.41. The molecule has 0 bridgehead atoms. The van der Waals surface area contributed by atoms with Crippen molar-refractivity contribution in [3.05, 3.63) is 35.9 Å². The molecular formula is C14H22ClN3O. The average Bonchev–Trinajstić information content (AvgIpc) is 2.40. The molecule has 2 rings (SSSR count). The molecule has 1 fully saturated rings. The molecule has 1 aromatic carbocycles. The Morgan fingerprint density at radius 1 is 1.21 bits per heavy atom. The molecule has 0 spiro atoms. The molecule has 1 N–H and O–H groups in total. The highest BCUT2D eigenvalue weighted by atomic mass is 35.5. The summed E-state index contributed by atoms with van der Waals surface area (Å²) in [4.78, 5) is 16.5. The van der Waals surface area contributed by atoms with E-state index in [4.69, 9.17) is 0 Å². The first kappa shape index (κ1) is 16.0. The zero-order valence-electron chi connectivity index (χ0n) is 11.5. The predicted octanol–water partition coefficient (Wildman–Crippen LogP) is 1.14. The van der Waals surface area contributed by atoms with Gasteiger partial charge < -0.3 is 10.2 Å². The van der Waals surface area contributed by atoms with Crippen molar-refractivity contribution in [1.82, 2.24) is 15.1 Å². The van der Waals surface area contributed by atoms with Crippen LogP contribution in [0.2, 0.25) is 0 Å². The third-order valence-corrected chi connectivity index (χ3v) is 3.29. The topological polar surface area (TPSA) is 35.6 Å². The van der Waals surface area contributed by atoms with Crippen molar-refractivity contribution in [2.45, 2.75) is 6.04 Å². The number of hydrogen-bond acceptors (Lipinski definition) is 3. The second-order valence-electron chi connectivity index (χ2n) is 4.85. The highest BCUT2D eigenvalue weighted by Gasteiger charge is 2.28. The van der Waals surface area contributed by atoms with Crippen molar-refractivity contribution in [3.63, 3.8) is 0 Å². The summed E-state index contributed by atoms with van der Waals surface area (Å²) in [5.74, 6) is 0.202. The Balaban J connectivity index is 0.00000180. The van der Waals surface area contributed by atoms with Crippen LogP contribution in [-0.4, -0.2) is 56.0 Å². The van der Waals surface area contributed by atoms with E-state index in [9.17, 15) is 4.79 Å². The zero-order chi connectivity index (χ0) is 13.0. The molecule has 1 saturated heterocycles. The van der Waals surface area contributed by atoms with Gasteiger partial charge >= 0.3 is 0 Å². The van der Waals surface area contributed by atoms with Crippen LogP contribution in [0.15, 0.2) is 30.3 Å². The summed E-state index contributed by atoms with van der Waals surface area (Å²) in [6.07, 6.45) is 0. The number of hydrogen-bond donors (Lipinski definition) is 1. The molecule has 1 aliphatic rings. The lowest BCUT2D eigenvalue weighted by molar-refractivity contribution is -0.136. The summed E-state index contributed by atoms with van der Waals surface area (Å²) in [6, 6.07) is 9.80. The van der Waals surface area contributed by atoms with E-state index in [1.807, 2.05) is 54.2 Å². The van der Waals surface area contributed by atoms with Crippen LogP contribution in [0, 0.1) is 0 Å². The second kappa shape index (κ2) is 7.48. The fraction of sp³-hybridized carbons (Fsp3) is 0.500. The van der Waals surface area contributed by atoms with E-state index in [1.165, 1.54) is 0 Å². The van der Waals surface area contributed by atoms with Crippen molar-refractivity contribution >= 4 is 18.3 Å². The summed E-state index contributed by atoms with van der Waals surface area (Å²) in [7, 11) is 3.91. The average molecular weight is 284 g/mol. The fourth-order valence-corrected chi connectivity index (χ4v) is 2.36. The van der Waals surface area contributed by atoms with Crippen LogP contribution >= 0.6 is 12.4 Å². The third kappa shape index (κ3) is 3.93. The Morgan fingerprint density at radius 2 is 1.79 bits per heavy atom. The molecule has 5 heteroatoms. The van der Waals surface area contributed by atoms with E-state index in [2.05, 4.69) is 5.32 Å². The molecule has 0 aromatic heterocycles. The van der Waals surface area contributed by atoms with Gasteiger partial charge in [-0.1, -0.05) is 30.3 Å². The van der Waals surface area contributed by atoms with Crippen molar-refractivity contribution < 1.29 is 4.79 Å². The van der Waals surface area contributed by atoms with Gasteiger partial charge in [-0.25, -0.2) is 0 Å². The monoisotopic (exact) mass is 283 g/mol. The summed E-state index contributed by atoms with van der Waals surface area (Å²) < 4.78 is 0. The van der Waals surface area contributed by atoms with E-state index in [-0.39, 0.29) is 24.4 Å². The minimum Gasteiger partial charge on any atom is -0.338 e. The van der Waals surface area contributed by atoms with E-state index in [1.54, 1.807) is 0 Å². The minimum atomic E-state index is -0.177. The summed E-state index contributed by atoms with van der Waals surface area (Å²) >= 11 is 0. The smallest absolute Gasteiger partial charge is 0.244 e. The predicted molar refractivity (Wildman–Crippen MR) is 79.6 cm³/mol. The van der Waals surface area contributed by atoms with E-state index < -0.39 is 0 Å². The van der Waals surface area contributed by atoms with E-state index >= 15 is 0 Å². The van der Waals surface area contributed by atoms with Crippen molar-refractivity contribution in [2.75, 3.05) is 40.3 Å². The second-order valence-corrected chi connectivity index (χ2v) is 4.85. The maximum absolute atomic E-state index is 12.6. The number of piperazine rings is 1. The fourth-order valence-electron chi connectivity index (χ4n) is 2.36. The largest absolute Gasteiger partial charge is 0.338 e. The Morgan fingerprint density at radius 3 is 2.32 bits per heavy atom. The number of benzene rings is 1. The standard InChI is InChI=1S/C14H21N3O.ClH/c1-16(2)13(12-6-4-3-5-7-12)14(18)17-10-8-15-9-11-17;/h3-7,13,15H,8-11H2,1-2H3;1H. The van der Waals surface area contributed by atoms with Gasteiger partial charge in [-0.15, -0.1) is 12.4 Å². The number of nitrogens with zero attached hydrogens (tertiary/aromatic N) is 2. The molecule has 19 heavy (non-hydrogen) atoms. The molecule has 1 unspecified atom stereocenters. The quantitative estimate of drug-likeness (QED) is 0.904. The molecular weight excluding hydrogens is 262 g/mol. The molecule has 1 heterocycles. The van der Waals surface area contributed by atoms with Gasteiger partial charge in [0.25, 0.3) is 0 Å². The summed E-state index contributed by atoms with van der Waals surface area (Å²) in [5, 5.41) is 3.27.